The lowest BCUT2D eigenvalue weighted by Crippen LogP contribution is -2.42. The summed E-state index contributed by atoms with van der Waals surface area (Å²) >= 11 is 0. The first-order chi connectivity index (χ1) is 11.7. The molecule has 0 saturated carbocycles. The van der Waals surface area contributed by atoms with Crippen LogP contribution in [0.4, 0.5) is 5.69 Å². The molecule has 0 atom stereocenters. The van der Waals surface area contributed by atoms with E-state index in [-0.39, 0.29) is 18.4 Å². The predicted octanol–water partition coefficient (Wildman–Crippen LogP) is 2.11. The number of para-hydroxylation sites is 1. The van der Waals surface area contributed by atoms with E-state index < -0.39 is 0 Å². The minimum atomic E-state index is -0.296. The molecule has 0 aliphatic rings. The molecular formula is C18H16N4O2. The molecule has 24 heavy (non-hydrogen) atoms. The highest BCUT2D eigenvalue weighted by molar-refractivity contribution is 6.01. The Balaban J connectivity index is 1.55. The fourth-order valence-corrected chi connectivity index (χ4v) is 2.27. The highest BCUT2D eigenvalue weighted by atomic mass is 16.2. The van der Waals surface area contributed by atoms with E-state index >= 15 is 0 Å². The molecule has 0 aliphatic carbocycles. The third-order valence-electron chi connectivity index (χ3n) is 3.39. The van der Waals surface area contributed by atoms with Crippen molar-refractivity contribution in [3.63, 3.8) is 0 Å². The van der Waals surface area contributed by atoms with Gasteiger partial charge in [0.2, 0.25) is 5.91 Å². The van der Waals surface area contributed by atoms with Gasteiger partial charge < -0.3 is 5.32 Å². The van der Waals surface area contributed by atoms with E-state index in [1.807, 2.05) is 30.3 Å². The second-order valence-electron chi connectivity index (χ2n) is 5.10. The molecule has 0 radical (unpaired) electrons. The van der Waals surface area contributed by atoms with Gasteiger partial charge in [0.25, 0.3) is 5.91 Å². The summed E-state index contributed by atoms with van der Waals surface area (Å²) in [5, 5.41) is 3.73. The smallest absolute Gasteiger partial charge is 0.265 e. The number of fused-ring (bicyclic) bond motifs is 1. The van der Waals surface area contributed by atoms with E-state index in [1.54, 1.807) is 36.5 Å². The number of hydrogen-bond donors (Lipinski definition) is 3. The largest absolute Gasteiger partial charge is 0.323 e. The van der Waals surface area contributed by atoms with Crippen LogP contribution in [-0.2, 0) is 4.79 Å². The maximum absolute atomic E-state index is 12.0. The summed E-state index contributed by atoms with van der Waals surface area (Å²) in [5.74, 6) is -0.572. The normalized spacial score (nSPS) is 10.3. The summed E-state index contributed by atoms with van der Waals surface area (Å²) in [4.78, 5) is 28.1. The SMILES string of the molecule is O=C(CNNC(=O)c1ccccc1)Nc1cccc2cccnc12. The third kappa shape index (κ3) is 3.74. The van der Waals surface area contributed by atoms with Crippen LogP contribution in [0.3, 0.4) is 0 Å². The number of amides is 2. The molecule has 6 nitrogen and oxygen atoms in total. The lowest BCUT2D eigenvalue weighted by Gasteiger charge is -2.09. The Bertz CT molecular complexity index is 860. The van der Waals surface area contributed by atoms with Gasteiger partial charge >= 0.3 is 0 Å². The number of anilines is 1. The molecule has 0 bridgehead atoms. The van der Waals surface area contributed by atoms with E-state index in [0.717, 1.165) is 10.9 Å². The lowest BCUT2D eigenvalue weighted by molar-refractivity contribution is -0.115. The van der Waals surface area contributed by atoms with Gasteiger partial charge in [0, 0.05) is 17.1 Å². The van der Waals surface area contributed by atoms with Gasteiger partial charge in [-0.05, 0) is 24.3 Å². The van der Waals surface area contributed by atoms with E-state index in [1.165, 1.54) is 0 Å². The molecule has 1 aromatic heterocycles. The molecule has 0 unspecified atom stereocenters. The molecule has 3 N–H and O–H groups in total. The van der Waals surface area contributed by atoms with Crippen molar-refractivity contribution in [3.05, 3.63) is 72.4 Å². The summed E-state index contributed by atoms with van der Waals surface area (Å²) in [5.41, 5.74) is 6.98. The summed E-state index contributed by atoms with van der Waals surface area (Å²) in [6.07, 6.45) is 1.68. The van der Waals surface area contributed by atoms with E-state index in [4.69, 9.17) is 0 Å². The topological polar surface area (TPSA) is 83.1 Å². The fourth-order valence-electron chi connectivity index (χ4n) is 2.27. The molecular weight excluding hydrogens is 304 g/mol. The molecule has 1 heterocycles. The number of pyridine rings is 1. The van der Waals surface area contributed by atoms with E-state index in [9.17, 15) is 9.59 Å². The maximum atomic E-state index is 12.0. The van der Waals surface area contributed by atoms with Crippen molar-refractivity contribution >= 4 is 28.4 Å². The average Bonchev–Trinajstić information content (AvgIpc) is 2.63. The first-order valence-corrected chi connectivity index (χ1v) is 7.46. The molecule has 0 fully saturated rings. The molecule has 6 heteroatoms. The van der Waals surface area contributed by atoms with Crippen molar-refractivity contribution in [2.24, 2.45) is 0 Å². The van der Waals surface area contributed by atoms with Crippen molar-refractivity contribution in [1.29, 1.82) is 0 Å². The van der Waals surface area contributed by atoms with Crippen LogP contribution in [0.5, 0.6) is 0 Å². The number of benzene rings is 2. The fraction of sp³-hybridized carbons (Fsp3) is 0.0556. The van der Waals surface area contributed by atoms with Crippen LogP contribution >= 0.6 is 0 Å². The van der Waals surface area contributed by atoms with Gasteiger partial charge in [-0.1, -0.05) is 36.4 Å². The molecule has 3 aromatic rings. The molecule has 2 amide bonds. The molecule has 0 saturated heterocycles. The Morgan fingerprint density at radius 2 is 1.71 bits per heavy atom. The van der Waals surface area contributed by atoms with Gasteiger partial charge in [-0.3, -0.25) is 20.0 Å². The van der Waals surface area contributed by atoms with Crippen molar-refractivity contribution in [1.82, 2.24) is 15.8 Å². The van der Waals surface area contributed by atoms with Crippen LogP contribution in [0.25, 0.3) is 10.9 Å². The Labute approximate surface area is 138 Å². The van der Waals surface area contributed by atoms with Crippen LogP contribution in [0.1, 0.15) is 10.4 Å². The standard InChI is InChI=1S/C18H16N4O2/c23-16(12-20-22-18(24)14-6-2-1-3-7-14)21-15-10-4-8-13-9-5-11-19-17(13)15/h1-11,20H,12H2,(H,21,23)(H,22,24). The summed E-state index contributed by atoms with van der Waals surface area (Å²) in [6, 6.07) is 18.1. The zero-order chi connectivity index (χ0) is 16.8. The summed E-state index contributed by atoms with van der Waals surface area (Å²) in [6.45, 7) is -0.0538. The Morgan fingerprint density at radius 3 is 2.54 bits per heavy atom. The second kappa shape index (κ2) is 7.34. The summed E-state index contributed by atoms with van der Waals surface area (Å²) in [7, 11) is 0. The quantitative estimate of drug-likeness (QED) is 0.629. The van der Waals surface area contributed by atoms with Gasteiger partial charge in [-0.25, -0.2) is 5.43 Å². The molecule has 2 aromatic carbocycles. The lowest BCUT2D eigenvalue weighted by atomic mass is 10.2. The first kappa shape index (κ1) is 15.6. The monoisotopic (exact) mass is 320 g/mol. The van der Waals surface area contributed by atoms with Crippen molar-refractivity contribution in [3.8, 4) is 0 Å². The van der Waals surface area contributed by atoms with Crippen molar-refractivity contribution in [2.45, 2.75) is 0 Å². The number of carbonyl (C=O) groups is 2. The number of nitrogens with one attached hydrogen (secondary N) is 3. The summed E-state index contributed by atoms with van der Waals surface area (Å²) < 4.78 is 0. The van der Waals surface area contributed by atoms with Crippen LogP contribution in [0, 0.1) is 0 Å². The molecule has 3 rings (SSSR count). The maximum Gasteiger partial charge on any atom is 0.265 e. The molecule has 120 valence electrons. The zero-order valence-electron chi connectivity index (χ0n) is 12.8. The zero-order valence-corrected chi connectivity index (χ0v) is 12.8. The number of hydrogen-bond acceptors (Lipinski definition) is 4. The number of nitrogens with zero attached hydrogens (tertiary/aromatic N) is 1. The van der Waals surface area contributed by atoms with Gasteiger partial charge in [0.15, 0.2) is 0 Å². The third-order valence-corrected chi connectivity index (χ3v) is 3.39. The molecule has 0 aliphatic heterocycles. The van der Waals surface area contributed by atoms with Crippen LogP contribution in [0.15, 0.2) is 66.9 Å². The second-order valence-corrected chi connectivity index (χ2v) is 5.10. The minimum Gasteiger partial charge on any atom is -0.323 e. The van der Waals surface area contributed by atoms with Crippen LogP contribution in [-0.4, -0.2) is 23.3 Å². The van der Waals surface area contributed by atoms with Crippen molar-refractivity contribution < 1.29 is 9.59 Å². The Morgan fingerprint density at radius 1 is 0.917 bits per heavy atom. The van der Waals surface area contributed by atoms with Crippen LogP contribution in [0.2, 0.25) is 0 Å². The number of rotatable bonds is 5. The van der Waals surface area contributed by atoms with Gasteiger partial charge in [-0.15, -0.1) is 0 Å². The van der Waals surface area contributed by atoms with Crippen LogP contribution < -0.4 is 16.2 Å². The molecule has 0 spiro atoms. The number of aromatic nitrogens is 1. The highest BCUT2D eigenvalue weighted by Crippen LogP contribution is 2.20. The number of carbonyl (C=O) groups excluding carboxylic acids is 2. The number of hydrazine groups is 1. The van der Waals surface area contributed by atoms with Gasteiger partial charge in [0.1, 0.15) is 0 Å². The Hall–Kier alpha value is -3.25. The highest BCUT2D eigenvalue weighted by Gasteiger charge is 2.08. The van der Waals surface area contributed by atoms with Gasteiger partial charge in [-0.2, -0.15) is 0 Å². The van der Waals surface area contributed by atoms with Crippen molar-refractivity contribution in [2.75, 3.05) is 11.9 Å². The first-order valence-electron chi connectivity index (χ1n) is 7.46. The predicted molar refractivity (Wildman–Crippen MR) is 92.3 cm³/mol. The minimum absolute atomic E-state index is 0.0538. The van der Waals surface area contributed by atoms with E-state index in [0.29, 0.717) is 11.3 Å². The van der Waals surface area contributed by atoms with E-state index in [2.05, 4.69) is 21.2 Å². The van der Waals surface area contributed by atoms with Gasteiger partial charge in [0.05, 0.1) is 17.7 Å². The Kier molecular flexibility index (Phi) is 4.78. The average molecular weight is 320 g/mol.